The zero-order valence-corrected chi connectivity index (χ0v) is 7.46. The summed E-state index contributed by atoms with van der Waals surface area (Å²) in [5.74, 6) is 0.365. The second-order valence-electron chi connectivity index (χ2n) is 3.06. The lowest BCUT2D eigenvalue weighted by molar-refractivity contribution is -0.131. The third-order valence-corrected chi connectivity index (χ3v) is 2.06. The highest BCUT2D eigenvalue weighted by Crippen LogP contribution is 2.32. The maximum atomic E-state index is 10.8. The molecule has 2 rings (SSSR count). The Morgan fingerprint density at radius 1 is 1.54 bits per heavy atom. The van der Waals surface area contributed by atoms with Crippen LogP contribution in [0.15, 0.2) is 18.2 Å². The highest BCUT2D eigenvalue weighted by molar-refractivity contribution is 5.74. The van der Waals surface area contributed by atoms with Crippen LogP contribution in [0.2, 0.25) is 0 Å². The van der Waals surface area contributed by atoms with Gasteiger partial charge in [0.1, 0.15) is 0 Å². The molecule has 1 aliphatic rings. The fourth-order valence-electron chi connectivity index (χ4n) is 1.55. The molecule has 3 nitrogen and oxygen atoms in total. The molecule has 1 aromatic rings. The minimum Gasteiger partial charge on any atom is -0.424 e. The monoisotopic (exact) mass is 177 g/mol. The average Bonchev–Trinajstić information content (AvgIpc) is 2.51. The maximum Gasteiger partial charge on any atom is 0.308 e. The normalized spacial score (nSPS) is 13.3. The van der Waals surface area contributed by atoms with Crippen molar-refractivity contribution in [2.75, 3.05) is 11.9 Å². The predicted octanol–water partition coefficient (Wildman–Crippen LogP) is 1.58. The van der Waals surface area contributed by atoms with E-state index in [9.17, 15) is 4.79 Å². The Bertz CT molecular complexity index is 347. The fraction of sp³-hybridized carbons (Fsp3) is 0.300. The maximum absolute atomic E-state index is 10.8. The van der Waals surface area contributed by atoms with E-state index in [1.165, 1.54) is 12.5 Å². The lowest BCUT2D eigenvalue weighted by Gasteiger charge is -2.06. The van der Waals surface area contributed by atoms with Crippen LogP contribution in [-0.4, -0.2) is 12.5 Å². The summed E-state index contributed by atoms with van der Waals surface area (Å²) in [6, 6.07) is 5.75. The van der Waals surface area contributed by atoms with E-state index in [2.05, 4.69) is 5.32 Å². The molecule has 1 aromatic carbocycles. The van der Waals surface area contributed by atoms with Gasteiger partial charge in [0.15, 0.2) is 5.75 Å². The molecule has 0 bridgehead atoms. The van der Waals surface area contributed by atoms with Crippen LogP contribution in [0.25, 0.3) is 0 Å². The first-order valence-corrected chi connectivity index (χ1v) is 4.31. The minimum absolute atomic E-state index is 0.276. The number of fused-ring (bicyclic) bond motifs is 1. The third-order valence-electron chi connectivity index (χ3n) is 2.06. The van der Waals surface area contributed by atoms with Crippen LogP contribution in [0, 0.1) is 0 Å². The zero-order chi connectivity index (χ0) is 9.26. The smallest absolute Gasteiger partial charge is 0.308 e. The summed E-state index contributed by atoms with van der Waals surface area (Å²) < 4.78 is 5.06. The quantitative estimate of drug-likeness (QED) is 0.522. The molecular formula is C10H11NO2. The summed E-state index contributed by atoms with van der Waals surface area (Å²) in [6.45, 7) is 2.34. The summed E-state index contributed by atoms with van der Waals surface area (Å²) >= 11 is 0. The Morgan fingerprint density at radius 2 is 2.38 bits per heavy atom. The van der Waals surface area contributed by atoms with Gasteiger partial charge < -0.3 is 10.1 Å². The number of carbonyl (C=O) groups excluding carboxylic acids is 1. The minimum atomic E-state index is -0.276. The molecule has 0 saturated heterocycles. The van der Waals surface area contributed by atoms with Gasteiger partial charge in [0.2, 0.25) is 0 Å². The SMILES string of the molecule is CC(=O)Oc1cccc2c1NCC2. The number of anilines is 1. The summed E-state index contributed by atoms with van der Waals surface area (Å²) in [7, 11) is 0. The van der Waals surface area contributed by atoms with Crippen molar-refractivity contribution in [2.45, 2.75) is 13.3 Å². The first-order valence-electron chi connectivity index (χ1n) is 4.31. The van der Waals surface area contributed by atoms with E-state index in [4.69, 9.17) is 4.74 Å². The Morgan fingerprint density at radius 3 is 3.15 bits per heavy atom. The molecule has 0 fully saturated rings. The Hall–Kier alpha value is -1.51. The third kappa shape index (κ3) is 1.49. The molecule has 13 heavy (non-hydrogen) atoms. The molecule has 0 aromatic heterocycles. The lowest BCUT2D eigenvalue weighted by Crippen LogP contribution is -2.03. The molecule has 0 aliphatic carbocycles. The van der Waals surface area contributed by atoms with Gasteiger partial charge in [-0.05, 0) is 18.1 Å². The van der Waals surface area contributed by atoms with E-state index >= 15 is 0 Å². The van der Waals surface area contributed by atoms with Gasteiger partial charge in [-0.15, -0.1) is 0 Å². The summed E-state index contributed by atoms with van der Waals surface area (Å²) in [6.07, 6.45) is 1.00. The number of rotatable bonds is 1. The average molecular weight is 177 g/mol. The Balaban J connectivity index is 2.36. The van der Waals surface area contributed by atoms with Gasteiger partial charge >= 0.3 is 5.97 Å². The van der Waals surface area contributed by atoms with Crippen LogP contribution in [-0.2, 0) is 11.2 Å². The largest absolute Gasteiger partial charge is 0.424 e. The van der Waals surface area contributed by atoms with Crippen molar-refractivity contribution in [3.8, 4) is 5.75 Å². The number of carbonyl (C=O) groups is 1. The number of esters is 1. The second-order valence-corrected chi connectivity index (χ2v) is 3.06. The Kier molecular flexibility index (Phi) is 1.93. The molecule has 0 saturated carbocycles. The Labute approximate surface area is 76.7 Å². The number of para-hydroxylation sites is 1. The van der Waals surface area contributed by atoms with Gasteiger partial charge in [-0.3, -0.25) is 4.79 Å². The number of ether oxygens (including phenoxy) is 1. The molecule has 1 heterocycles. The van der Waals surface area contributed by atoms with E-state index < -0.39 is 0 Å². The lowest BCUT2D eigenvalue weighted by atomic mass is 10.1. The molecule has 3 heteroatoms. The van der Waals surface area contributed by atoms with Crippen LogP contribution < -0.4 is 10.1 Å². The first kappa shape index (κ1) is 8.10. The van der Waals surface area contributed by atoms with Crippen molar-refractivity contribution < 1.29 is 9.53 Å². The second kappa shape index (κ2) is 3.09. The van der Waals surface area contributed by atoms with Crippen LogP contribution >= 0.6 is 0 Å². The number of hydrogen-bond donors (Lipinski definition) is 1. The van der Waals surface area contributed by atoms with E-state index in [-0.39, 0.29) is 5.97 Å². The van der Waals surface area contributed by atoms with Crippen LogP contribution in [0.5, 0.6) is 5.75 Å². The summed E-state index contributed by atoms with van der Waals surface area (Å²) in [4.78, 5) is 10.8. The van der Waals surface area contributed by atoms with Crippen molar-refractivity contribution in [3.05, 3.63) is 23.8 Å². The van der Waals surface area contributed by atoms with Crippen molar-refractivity contribution in [1.82, 2.24) is 0 Å². The topological polar surface area (TPSA) is 38.3 Å². The van der Waals surface area contributed by atoms with Crippen molar-refractivity contribution in [2.24, 2.45) is 0 Å². The molecule has 0 unspecified atom stereocenters. The van der Waals surface area contributed by atoms with Gasteiger partial charge in [0.05, 0.1) is 5.69 Å². The molecule has 1 N–H and O–H groups in total. The summed E-state index contributed by atoms with van der Waals surface area (Å²) in [5.41, 5.74) is 2.19. The molecular weight excluding hydrogens is 166 g/mol. The molecule has 0 spiro atoms. The van der Waals surface area contributed by atoms with Gasteiger partial charge in [0, 0.05) is 13.5 Å². The molecule has 0 atom stereocenters. The molecule has 0 radical (unpaired) electrons. The number of benzene rings is 1. The molecule has 0 amide bonds. The van der Waals surface area contributed by atoms with Gasteiger partial charge in [-0.25, -0.2) is 0 Å². The van der Waals surface area contributed by atoms with Crippen LogP contribution in [0.1, 0.15) is 12.5 Å². The number of hydrogen-bond acceptors (Lipinski definition) is 3. The van der Waals surface area contributed by atoms with Gasteiger partial charge in [-0.1, -0.05) is 12.1 Å². The van der Waals surface area contributed by atoms with Crippen molar-refractivity contribution in [1.29, 1.82) is 0 Å². The zero-order valence-electron chi connectivity index (χ0n) is 7.46. The van der Waals surface area contributed by atoms with Crippen molar-refractivity contribution in [3.63, 3.8) is 0 Å². The van der Waals surface area contributed by atoms with Crippen LogP contribution in [0.4, 0.5) is 5.69 Å². The van der Waals surface area contributed by atoms with E-state index in [0.717, 1.165) is 18.7 Å². The first-order chi connectivity index (χ1) is 6.27. The van der Waals surface area contributed by atoms with E-state index in [0.29, 0.717) is 5.75 Å². The fourth-order valence-corrected chi connectivity index (χ4v) is 1.55. The molecule has 1 aliphatic heterocycles. The highest BCUT2D eigenvalue weighted by Gasteiger charge is 2.15. The molecule has 68 valence electrons. The summed E-state index contributed by atoms with van der Waals surface area (Å²) in [5, 5.41) is 3.20. The van der Waals surface area contributed by atoms with E-state index in [1.54, 1.807) is 6.07 Å². The van der Waals surface area contributed by atoms with Crippen LogP contribution in [0.3, 0.4) is 0 Å². The van der Waals surface area contributed by atoms with E-state index in [1.807, 2.05) is 12.1 Å². The van der Waals surface area contributed by atoms with Gasteiger partial charge in [-0.2, -0.15) is 0 Å². The van der Waals surface area contributed by atoms with Crippen molar-refractivity contribution >= 4 is 11.7 Å². The number of nitrogens with one attached hydrogen (secondary N) is 1. The predicted molar refractivity (Wildman–Crippen MR) is 49.9 cm³/mol. The van der Waals surface area contributed by atoms with Gasteiger partial charge in [0.25, 0.3) is 0 Å². The highest BCUT2D eigenvalue weighted by atomic mass is 16.5. The standard InChI is InChI=1S/C10H11NO2/c1-7(12)13-9-4-2-3-8-5-6-11-10(8)9/h2-4,11H,5-6H2,1H3.